The van der Waals surface area contributed by atoms with Crippen LogP contribution in [0.3, 0.4) is 0 Å². The molecule has 0 aromatic rings. The first-order valence-electron chi connectivity index (χ1n) is 4.29. The van der Waals surface area contributed by atoms with Gasteiger partial charge >= 0.3 is 0 Å². The van der Waals surface area contributed by atoms with Crippen LogP contribution in [0.2, 0.25) is 0 Å². The molecule has 1 aliphatic heterocycles. The van der Waals surface area contributed by atoms with E-state index in [1.165, 1.54) is 0 Å². The third-order valence-corrected chi connectivity index (χ3v) is 3.07. The van der Waals surface area contributed by atoms with Crippen LogP contribution < -0.4 is 10.5 Å². The molecule has 4 nitrogen and oxygen atoms in total. The van der Waals surface area contributed by atoms with Gasteiger partial charge in [0.15, 0.2) is 0 Å². The zero-order valence-electron chi connectivity index (χ0n) is 7.12. The Morgan fingerprint density at radius 3 is 2.42 bits per heavy atom. The van der Waals surface area contributed by atoms with Gasteiger partial charge in [-0.25, -0.2) is 13.6 Å². The van der Waals surface area contributed by atoms with Crippen LogP contribution in [0.5, 0.6) is 0 Å². The third-order valence-electron chi connectivity index (χ3n) is 2.27. The number of piperidine rings is 1. The van der Waals surface area contributed by atoms with Gasteiger partial charge in [-0.1, -0.05) is 0 Å². The molecule has 1 aliphatic rings. The van der Waals surface area contributed by atoms with Crippen molar-refractivity contribution >= 4 is 10.0 Å². The highest BCUT2D eigenvalue weighted by atomic mass is 32.2. The molecule has 1 saturated heterocycles. The Morgan fingerprint density at radius 2 is 1.92 bits per heavy atom. The molecular weight excluding hydrogens is 176 g/mol. The van der Waals surface area contributed by atoms with E-state index < -0.39 is 10.0 Å². The number of hydrogen-bond donors (Lipinski definition) is 2. The molecule has 1 heterocycles. The fourth-order valence-corrected chi connectivity index (χ4v) is 2.16. The number of nitrogens with two attached hydrogens (primary N) is 1. The zero-order valence-corrected chi connectivity index (χ0v) is 7.94. The predicted octanol–water partition coefficient (Wildman–Crippen LogP) is -0.335. The number of hydrogen-bond acceptors (Lipinski definition) is 3. The summed E-state index contributed by atoms with van der Waals surface area (Å²) in [5.74, 6) is 0.682. The highest BCUT2D eigenvalue weighted by Crippen LogP contribution is 2.15. The van der Waals surface area contributed by atoms with Gasteiger partial charge in [0.25, 0.3) is 0 Å². The summed E-state index contributed by atoms with van der Waals surface area (Å²) in [7, 11) is -3.24. The Kier molecular flexibility index (Phi) is 3.49. The average Bonchev–Trinajstić information content (AvgIpc) is 2.02. The van der Waals surface area contributed by atoms with Gasteiger partial charge < -0.3 is 5.32 Å². The molecule has 1 rings (SSSR count). The van der Waals surface area contributed by atoms with E-state index in [1.54, 1.807) is 0 Å². The van der Waals surface area contributed by atoms with Gasteiger partial charge in [0.05, 0.1) is 5.75 Å². The quantitative estimate of drug-likeness (QED) is 0.643. The molecule has 0 aromatic heterocycles. The molecule has 0 unspecified atom stereocenters. The summed E-state index contributed by atoms with van der Waals surface area (Å²) < 4.78 is 21.3. The van der Waals surface area contributed by atoms with E-state index in [1.807, 2.05) is 0 Å². The van der Waals surface area contributed by atoms with Gasteiger partial charge in [0.2, 0.25) is 10.0 Å². The van der Waals surface area contributed by atoms with E-state index in [9.17, 15) is 8.42 Å². The average molecular weight is 192 g/mol. The lowest BCUT2D eigenvalue weighted by Crippen LogP contribution is -2.29. The number of nitrogens with one attached hydrogen (secondary N) is 1. The molecule has 1 fully saturated rings. The summed E-state index contributed by atoms with van der Waals surface area (Å²) in [6.45, 7) is 2.02. The van der Waals surface area contributed by atoms with Crippen molar-refractivity contribution in [3.8, 4) is 0 Å². The summed E-state index contributed by atoms with van der Waals surface area (Å²) in [6.07, 6.45) is 2.88. The van der Waals surface area contributed by atoms with E-state index in [0.717, 1.165) is 32.4 Å². The van der Waals surface area contributed by atoms with Crippen molar-refractivity contribution in [1.29, 1.82) is 0 Å². The summed E-state index contributed by atoms with van der Waals surface area (Å²) in [5, 5.41) is 8.14. The molecule has 5 heteroatoms. The molecule has 0 atom stereocenters. The molecule has 3 N–H and O–H groups in total. The first kappa shape index (κ1) is 9.95. The molecule has 0 aromatic carbocycles. The molecule has 72 valence electrons. The van der Waals surface area contributed by atoms with Crippen molar-refractivity contribution in [2.75, 3.05) is 18.8 Å². The molecule has 0 aliphatic carbocycles. The maximum atomic E-state index is 10.6. The van der Waals surface area contributed by atoms with Gasteiger partial charge in [-0.05, 0) is 38.3 Å². The van der Waals surface area contributed by atoms with Crippen LogP contribution in [0, 0.1) is 5.92 Å². The van der Waals surface area contributed by atoms with E-state index in [0.29, 0.717) is 5.92 Å². The second kappa shape index (κ2) is 4.20. The Labute approximate surface area is 73.6 Å². The van der Waals surface area contributed by atoms with Crippen LogP contribution in [-0.4, -0.2) is 27.3 Å². The van der Waals surface area contributed by atoms with Crippen molar-refractivity contribution in [3.05, 3.63) is 0 Å². The summed E-state index contributed by atoms with van der Waals surface area (Å²) in [4.78, 5) is 0. The van der Waals surface area contributed by atoms with E-state index in [2.05, 4.69) is 5.32 Å². The topological polar surface area (TPSA) is 72.2 Å². The lowest BCUT2D eigenvalue weighted by molar-refractivity contribution is 0.365. The summed E-state index contributed by atoms with van der Waals surface area (Å²) in [5.41, 5.74) is 0. The van der Waals surface area contributed by atoms with Crippen LogP contribution >= 0.6 is 0 Å². The van der Waals surface area contributed by atoms with Crippen molar-refractivity contribution in [2.24, 2.45) is 11.1 Å². The van der Waals surface area contributed by atoms with Crippen molar-refractivity contribution < 1.29 is 8.42 Å². The lowest BCUT2D eigenvalue weighted by atomic mass is 9.96. The minimum Gasteiger partial charge on any atom is -0.317 e. The van der Waals surface area contributed by atoms with Gasteiger partial charge in [0.1, 0.15) is 0 Å². The number of primary sulfonamides is 1. The Morgan fingerprint density at radius 1 is 1.33 bits per heavy atom. The smallest absolute Gasteiger partial charge is 0.209 e. The van der Waals surface area contributed by atoms with Crippen molar-refractivity contribution in [2.45, 2.75) is 19.3 Å². The normalized spacial score (nSPS) is 21.1. The van der Waals surface area contributed by atoms with E-state index in [-0.39, 0.29) is 5.75 Å². The predicted molar refractivity (Wildman–Crippen MR) is 48.2 cm³/mol. The standard InChI is InChI=1S/C7H16N2O2S/c8-12(10,11)6-3-7-1-4-9-5-2-7/h7,9H,1-6H2,(H2,8,10,11). The molecular formula is C7H16N2O2S. The molecule has 0 amide bonds. The maximum absolute atomic E-state index is 10.6. The van der Waals surface area contributed by atoms with Crippen molar-refractivity contribution in [3.63, 3.8) is 0 Å². The van der Waals surface area contributed by atoms with Gasteiger partial charge in [-0.2, -0.15) is 0 Å². The molecule has 0 saturated carbocycles. The SMILES string of the molecule is NS(=O)(=O)CCC1CCNCC1. The number of sulfonamides is 1. The lowest BCUT2D eigenvalue weighted by Gasteiger charge is -2.21. The highest BCUT2D eigenvalue weighted by molar-refractivity contribution is 7.89. The van der Waals surface area contributed by atoms with Crippen LogP contribution in [0.25, 0.3) is 0 Å². The Hall–Kier alpha value is -0.130. The minimum absolute atomic E-state index is 0.137. The second-order valence-electron chi connectivity index (χ2n) is 3.35. The summed E-state index contributed by atoms with van der Waals surface area (Å²) >= 11 is 0. The molecule has 0 radical (unpaired) electrons. The van der Waals surface area contributed by atoms with Gasteiger partial charge in [-0.15, -0.1) is 0 Å². The van der Waals surface area contributed by atoms with Crippen LogP contribution in [0.4, 0.5) is 0 Å². The van der Waals surface area contributed by atoms with Crippen LogP contribution in [0.15, 0.2) is 0 Å². The fourth-order valence-electron chi connectivity index (χ4n) is 1.50. The van der Waals surface area contributed by atoms with E-state index >= 15 is 0 Å². The van der Waals surface area contributed by atoms with E-state index in [4.69, 9.17) is 5.14 Å². The van der Waals surface area contributed by atoms with Gasteiger partial charge in [0, 0.05) is 0 Å². The van der Waals surface area contributed by atoms with Crippen molar-refractivity contribution in [1.82, 2.24) is 5.32 Å². The molecule has 0 spiro atoms. The first-order chi connectivity index (χ1) is 5.58. The van der Waals surface area contributed by atoms with Crippen LogP contribution in [-0.2, 0) is 10.0 Å². The second-order valence-corrected chi connectivity index (χ2v) is 5.08. The fraction of sp³-hybridized carbons (Fsp3) is 1.00. The third kappa shape index (κ3) is 4.04. The maximum Gasteiger partial charge on any atom is 0.209 e. The number of rotatable bonds is 3. The van der Waals surface area contributed by atoms with Gasteiger partial charge in [-0.3, -0.25) is 0 Å². The minimum atomic E-state index is -3.24. The largest absolute Gasteiger partial charge is 0.317 e. The molecule has 0 bridgehead atoms. The highest BCUT2D eigenvalue weighted by Gasteiger charge is 2.14. The van der Waals surface area contributed by atoms with Crippen LogP contribution in [0.1, 0.15) is 19.3 Å². The Bertz CT molecular complexity index is 220. The Balaban J connectivity index is 2.22. The zero-order chi connectivity index (χ0) is 9.03. The first-order valence-corrected chi connectivity index (χ1v) is 6.00. The molecule has 12 heavy (non-hydrogen) atoms. The summed E-state index contributed by atoms with van der Waals surface area (Å²) in [6, 6.07) is 0. The monoisotopic (exact) mass is 192 g/mol.